The Bertz CT molecular complexity index is 1730. The molecule has 3 aliphatic carbocycles. The Morgan fingerprint density at radius 3 is 2.64 bits per heavy atom. The highest BCUT2D eigenvalue weighted by atomic mass is 35.5. The van der Waals surface area contributed by atoms with Crippen molar-refractivity contribution in [2.75, 3.05) is 31.5 Å². The predicted molar refractivity (Wildman–Crippen MR) is 189 cm³/mol. The highest BCUT2D eigenvalue weighted by Gasteiger charge is 2.56. The van der Waals surface area contributed by atoms with Crippen molar-refractivity contribution in [1.82, 2.24) is 25.1 Å². The van der Waals surface area contributed by atoms with Crippen LogP contribution in [0.2, 0.25) is 5.02 Å². The van der Waals surface area contributed by atoms with Crippen LogP contribution >= 0.6 is 11.6 Å². The summed E-state index contributed by atoms with van der Waals surface area (Å²) in [4.78, 5) is 39.4. The zero-order chi connectivity index (χ0) is 32.9. The molecule has 2 unspecified atom stereocenters. The predicted octanol–water partition coefficient (Wildman–Crippen LogP) is 5.42. The largest absolute Gasteiger partial charge is 0.350 e. The summed E-state index contributed by atoms with van der Waals surface area (Å²) in [6.07, 6.45) is 5.13. The van der Waals surface area contributed by atoms with Crippen LogP contribution in [-0.2, 0) is 17.8 Å². The minimum absolute atomic E-state index is 0.00369. The van der Waals surface area contributed by atoms with Gasteiger partial charge in [0.05, 0.1) is 23.5 Å². The maximum Gasteiger partial charge on any atom is 0.261 e. The Hall–Kier alpha value is -3.43. The fraction of sp³-hybridized carbons (Fsp3) is 0.568. The molecule has 2 aliphatic heterocycles. The standard InChI is InChI=1S/C37H48ClN7O2/c1-22-20-44(21-33(46)40-22)36(43-31-17-26-16-30(23(31)2)37(26,3)4)41-28-11-12-29-32(18-28)42-34(25-6-5-14-39-19-25)45(35(29)47)15-13-24-7-9-27(38)10-8-24/h7-12,18,22-23,25-26,30-31,39H,5-6,13-17,19-21H2,1-4H3,(H,40,46)(H,41,43)/t22-,23-,25?,26+,30-,31?/m0/s1. The Morgan fingerprint density at radius 2 is 1.94 bits per heavy atom. The van der Waals surface area contributed by atoms with E-state index in [-0.39, 0.29) is 36.0 Å². The van der Waals surface area contributed by atoms with E-state index >= 15 is 0 Å². The first-order chi connectivity index (χ1) is 22.6. The third-order valence-electron chi connectivity index (χ3n) is 11.6. The van der Waals surface area contributed by atoms with Crippen molar-refractivity contribution in [2.24, 2.45) is 28.2 Å². The molecule has 8 rings (SSSR count). The van der Waals surface area contributed by atoms with Gasteiger partial charge < -0.3 is 20.9 Å². The van der Waals surface area contributed by atoms with E-state index in [1.807, 2.05) is 54.0 Å². The number of aryl methyl sites for hydroxylation is 1. The molecular weight excluding hydrogens is 610 g/mol. The second-order valence-corrected chi connectivity index (χ2v) is 15.5. The van der Waals surface area contributed by atoms with Crippen molar-refractivity contribution in [3.8, 4) is 0 Å². The number of piperazine rings is 1. The summed E-state index contributed by atoms with van der Waals surface area (Å²) >= 11 is 6.11. The fourth-order valence-electron chi connectivity index (χ4n) is 8.68. The minimum atomic E-state index is -0.00984. The molecule has 3 N–H and O–H groups in total. The first kappa shape index (κ1) is 32.1. The highest BCUT2D eigenvalue weighted by molar-refractivity contribution is 6.30. The fourth-order valence-corrected chi connectivity index (χ4v) is 8.80. The molecule has 6 atom stereocenters. The molecule has 3 aromatic rings. The van der Waals surface area contributed by atoms with Crippen LogP contribution in [-0.4, -0.2) is 64.6 Å². The third-order valence-corrected chi connectivity index (χ3v) is 11.8. The highest BCUT2D eigenvalue weighted by Crippen LogP contribution is 2.61. The SMILES string of the molecule is C[C@@H]1C(/N=C(/Nc2ccc3c(=O)n(CCc4ccc(Cl)cc4)c(C4CCCNC4)nc3c2)N2CC(=O)N[C@@H](C)C2)C[C@H]2C[C@@H]1C2(C)C. The second-order valence-electron chi connectivity index (χ2n) is 15.0. The first-order valence-corrected chi connectivity index (χ1v) is 17.8. The Morgan fingerprint density at radius 1 is 1.13 bits per heavy atom. The van der Waals surface area contributed by atoms with Crippen LogP contribution in [0, 0.1) is 23.2 Å². The number of carbonyl (C=O) groups excluding carboxylic acids is 1. The molecule has 1 aromatic heterocycles. The molecule has 10 heteroatoms. The van der Waals surface area contributed by atoms with E-state index in [1.54, 1.807) is 0 Å². The van der Waals surface area contributed by atoms with Crippen LogP contribution in [0.5, 0.6) is 0 Å². The van der Waals surface area contributed by atoms with Crippen molar-refractivity contribution >= 4 is 40.1 Å². The number of hydrogen-bond donors (Lipinski definition) is 3. The molecule has 2 aromatic carbocycles. The number of guanidine groups is 1. The topological polar surface area (TPSA) is 104 Å². The van der Waals surface area contributed by atoms with E-state index in [2.05, 4.69) is 41.6 Å². The van der Waals surface area contributed by atoms with Gasteiger partial charge >= 0.3 is 0 Å². The van der Waals surface area contributed by atoms with E-state index in [0.717, 1.165) is 61.8 Å². The van der Waals surface area contributed by atoms with Crippen LogP contribution in [0.25, 0.3) is 10.9 Å². The zero-order valence-corrected chi connectivity index (χ0v) is 28.8. The quantitative estimate of drug-likeness (QED) is 0.242. The molecule has 2 saturated heterocycles. The lowest BCUT2D eigenvalue weighted by molar-refractivity contribution is -0.124. The van der Waals surface area contributed by atoms with Gasteiger partial charge in [0.1, 0.15) is 5.82 Å². The van der Waals surface area contributed by atoms with Gasteiger partial charge in [-0.2, -0.15) is 0 Å². The van der Waals surface area contributed by atoms with Crippen molar-refractivity contribution in [3.05, 3.63) is 69.2 Å². The van der Waals surface area contributed by atoms with E-state index < -0.39 is 0 Å². The van der Waals surface area contributed by atoms with Gasteiger partial charge in [0, 0.05) is 42.3 Å². The number of aromatic nitrogens is 2. The van der Waals surface area contributed by atoms with Crippen LogP contribution in [0.15, 0.2) is 52.3 Å². The Kier molecular flexibility index (Phi) is 8.81. The molecule has 47 heavy (non-hydrogen) atoms. The number of aliphatic imine (C=N–C) groups is 1. The molecule has 0 radical (unpaired) electrons. The second kappa shape index (κ2) is 12.9. The summed E-state index contributed by atoms with van der Waals surface area (Å²) in [5, 5.41) is 11.5. The van der Waals surface area contributed by atoms with Gasteiger partial charge in [0.15, 0.2) is 5.96 Å². The summed E-state index contributed by atoms with van der Waals surface area (Å²) in [5.74, 6) is 3.56. The van der Waals surface area contributed by atoms with Gasteiger partial charge in [-0.15, -0.1) is 0 Å². The van der Waals surface area contributed by atoms with E-state index in [1.165, 1.54) is 6.42 Å². The first-order valence-electron chi connectivity index (χ1n) is 17.5. The van der Waals surface area contributed by atoms with E-state index in [4.69, 9.17) is 21.6 Å². The normalized spacial score (nSPS) is 28.9. The third kappa shape index (κ3) is 6.41. The summed E-state index contributed by atoms with van der Waals surface area (Å²) in [7, 11) is 0. The molecule has 5 fully saturated rings. The maximum atomic E-state index is 14.1. The van der Waals surface area contributed by atoms with Gasteiger partial charge in [-0.25, -0.2) is 9.98 Å². The van der Waals surface area contributed by atoms with Gasteiger partial charge in [-0.1, -0.05) is 44.5 Å². The number of rotatable bonds is 6. The van der Waals surface area contributed by atoms with E-state index in [0.29, 0.717) is 52.2 Å². The number of anilines is 1. The van der Waals surface area contributed by atoms with Gasteiger partial charge in [0.2, 0.25) is 5.91 Å². The van der Waals surface area contributed by atoms with Crippen LogP contribution < -0.4 is 21.5 Å². The maximum absolute atomic E-state index is 14.1. The molecule has 3 saturated carbocycles. The van der Waals surface area contributed by atoms with Crippen LogP contribution in [0.4, 0.5) is 5.69 Å². The van der Waals surface area contributed by atoms with Crippen LogP contribution in [0.1, 0.15) is 70.7 Å². The van der Waals surface area contributed by atoms with Crippen molar-refractivity contribution in [2.45, 2.75) is 84.3 Å². The smallest absolute Gasteiger partial charge is 0.261 e. The number of piperidine rings is 1. The number of fused-ring (bicyclic) bond motifs is 3. The van der Waals surface area contributed by atoms with Crippen LogP contribution in [0.3, 0.4) is 0 Å². The summed E-state index contributed by atoms with van der Waals surface area (Å²) in [6, 6.07) is 13.9. The number of amides is 1. The number of nitrogens with zero attached hydrogens (tertiary/aromatic N) is 4. The molecule has 0 spiro atoms. The number of halogens is 1. The number of benzene rings is 2. The van der Waals surface area contributed by atoms with Gasteiger partial charge in [0.25, 0.3) is 5.56 Å². The molecule has 5 aliphatic rings. The minimum Gasteiger partial charge on any atom is -0.350 e. The zero-order valence-electron chi connectivity index (χ0n) is 28.1. The molecule has 1 amide bonds. The van der Waals surface area contributed by atoms with Crippen molar-refractivity contribution in [3.63, 3.8) is 0 Å². The Labute approximate surface area is 282 Å². The summed E-state index contributed by atoms with van der Waals surface area (Å²) in [6.45, 7) is 12.5. The van der Waals surface area contributed by atoms with Gasteiger partial charge in [-0.05, 0) is 105 Å². The molecular formula is C37H48ClN7O2. The Balaban J connectivity index is 1.22. The average Bonchev–Trinajstić information content (AvgIpc) is 3.05. The summed E-state index contributed by atoms with van der Waals surface area (Å²) in [5.41, 5.74) is 3.00. The average molecular weight is 658 g/mol. The van der Waals surface area contributed by atoms with E-state index in [9.17, 15) is 9.59 Å². The monoisotopic (exact) mass is 657 g/mol. The molecule has 2 bridgehead atoms. The molecule has 250 valence electrons. The number of hydrogen-bond acceptors (Lipinski definition) is 5. The van der Waals surface area contributed by atoms with Crippen molar-refractivity contribution < 1.29 is 4.79 Å². The van der Waals surface area contributed by atoms with Gasteiger partial charge in [-0.3, -0.25) is 14.2 Å². The summed E-state index contributed by atoms with van der Waals surface area (Å²) < 4.78 is 1.89. The number of carbonyl (C=O) groups is 1. The number of nitrogens with one attached hydrogen (secondary N) is 3. The lowest BCUT2D eigenvalue weighted by Gasteiger charge is -2.61. The molecule has 9 nitrogen and oxygen atoms in total. The molecule has 3 heterocycles. The van der Waals surface area contributed by atoms with Crippen molar-refractivity contribution in [1.29, 1.82) is 0 Å². The lowest BCUT2D eigenvalue weighted by atomic mass is 9.45. The lowest BCUT2D eigenvalue weighted by Crippen LogP contribution is -2.58.